The summed E-state index contributed by atoms with van der Waals surface area (Å²) in [4.78, 5) is 3.98. The number of rotatable bonds is 3. The van der Waals surface area contributed by atoms with Gasteiger partial charge in [-0.2, -0.15) is 15.4 Å². The Morgan fingerprint density at radius 1 is 0.909 bits per heavy atom. The fourth-order valence-electron chi connectivity index (χ4n) is 2.20. The third-order valence-electron chi connectivity index (χ3n) is 3.18. The highest BCUT2D eigenvalue weighted by molar-refractivity contribution is 6.31. The Bertz CT molecular complexity index is 822. The minimum Gasteiger partial charge on any atom is -0.294 e. The normalized spacial score (nSPS) is 11.2. The fraction of sp³-hybridized carbons (Fsp3) is 0.0625. The molecule has 1 N–H and O–H groups in total. The van der Waals surface area contributed by atoms with Crippen LogP contribution >= 0.6 is 23.2 Å². The van der Waals surface area contributed by atoms with Gasteiger partial charge < -0.3 is 0 Å². The molecule has 0 amide bonds. The van der Waals surface area contributed by atoms with Gasteiger partial charge in [-0.15, -0.1) is 0 Å². The molecule has 6 heteroatoms. The molecule has 0 radical (unpaired) electrons. The smallest absolute Gasteiger partial charge is 0.131 e. The maximum absolute atomic E-state index is 6.26. The summed E-state index contributed by atoms with van der Waals surface area (Å²) in [5.41, 5.74) is 4.28. The number of nitrogens with one attached hydrogen (secondary N) is 1. The molecule has 0 aliphatic heterocycles. The Labute approximate surface area is 137 Å². The third kappa shape index (κ3) is 3.03. The third-order valence-corrected chi connectivity index (χ3v) is 3.65. The van der Waals surface area contributed by atoms with Crippen molar-refractivity contribution < 1.29 is 0 Å². The summed E-state index contributed by atoms with van der Waals surface area (Å²) in [5.74, 6) is 0. The second-order valence-electron chi connectivity index (χ2n) is 4.68. The zero-order chi connectivity index (χ0) is 15.5. The molecule has 4 nitrogen and oxygen atoms in total. The van der Waals surface area contributed by atoms with Crippen molar-refractivity contribution in [1.29, 1.82) is 0 Å². The Kier molecular flexibility index (Phi) is 4.22. The van der Waals surface area contributed by atoms with Crippen molar-refractivity contribution >= 4 is 29.4 Å². The first-order valence-corrected chi connectivity index (χ1v) is 7.33. The van der Waals surface area contributed by atoms with E-state index in [1.807, 2.05) is 42.5 Å². The zero-order valence-corrected chi connectivity index (χ0v) is 13.2. The van der Waals surface area contributed by atoms with E-state index in [0.717, 1.165) is 16.7 Å². The largest absolute Gasteiger partial charge is 0.294 e. The van der Waals surface area contributed by atoms with Crippen LogP contribution in [0, 0.1) is 0 Å². The van der Waals surface area contributed by atoms with Crippen LogP contribution in [-0.2, 0) is 0 Å². The van der Waals surface area contributed by atoms with Crippen LogP contribution in [0.3, 0.4) is 0 Å². The monoisotopic (exact) mass is 330 g/mol. The van der Waals surface area contributed by atoms with Crippen molar-refractivity contribution in [3.8, 4) is 22.4 Å². The van der Waals surface area contributed by atoms with Crippen molar-refractivity contribution in [1.82, 2.24) is 15.4 Å². The number of aromatic amines is 1. The molecule has 110 valence electrons. The predicted octanol–water partition coefficient (Wildman–Crippen LogP) is 4.49. The lowest BCUT2D eigenvalue weighted by atomic mass is 10.0. The van der Waals surface area contributed by atoms with Gasteiger partial charge in [0.2, 0.25) is 0 Å². The Hall–Kier alpha value is -2.17. The standard InChI is InChI=1S/C16H12Cl2N4/c1-19-9-15-16(21-22-20-15)12-6-11(7-14(18)8-12)10-2-4-13(17)5-3-10/h2-9H,1H3,(H,20,21,22). The van der Waals surface area contributed by atoms with Crippen LogP contribution in [0.15, 0.2) is 47.5 Å². The number of nitrogens with zero attached hydrogens (tertiary/aromatic N) is 3. The summed E-state index contributed by atoms with van der Waals surface area (Å²) in [6, 6.07) is 13.4. The minimum atomic E-state index is 0.629. The van der Waals surface area contributed by atoms with Gasteiger partial charge in [0.15, 0.2) is 0 Å². The lowest BCUT2D eigenvalue weighted by Crippen LogP contribution is -1.88. The summed E-state index contributed by atoms with van der Waals surface area (Å²) in [6.45, 7) is 0. The number of hydrogen-bond donors (Lipinski definition) is 1. The van der Waals surface area contributed by atoms with Crippen molar-refractivity contribution in [3.05, 3.63) is 58.2 Å². The molecule has 0 aliphatic rings. The van der Waals surface area contributed by atoms with Gasteiger partial charge in [0.05, 0.1) is 6.21 Å². The second kappa shape index (κ2) is 6.30. The van der Waals surface area contributed by atoms with Gasteiger partial charge in [-0.3, -0.25) is 4.99 Å². The number of halogens is 2. The number of benzene rings is 2. The van der Waals surface area contributed by atoms with Crippen LogP contribution in [-0.4, -0.2) is 28.7 Å². The molecular weight excluding hydrogens is 319 g/mol. The van der Waals surface area contributed by atoms with Gasteiger partial charge >= 0.3 is 0 Å². The highest BCUT2D eigenvalue weighted by Crippen LogP contribution is 2.30. The first-order valence-electron chi connectivity index (χ1n) is 6.57. The van der Waals surface area contributed by atoms with Crippen LogP contribution in [0.25, 0.3) is 22.4 Å². The van der Waals surface area contributed by atoms with Crippen LogP contribution in [0.1, 0.15) is 5.69 Å². The van der Waals surface area contributed by atoms with Crippen LogP contribution in [0.4, 0.5) is 0 Å². The summed E-state index contributed by atoms with van der Waals surface area (Å²) in [6.07, 6.45) is 1.65. The molecule has 22 heavy (non-hydrogen) atoms. The van der Waals surface area contributed by atoms with Crippen LogP contribution in [0.5, 0.6) is 0 Å². The summed E-state index contributed by atoms with van der Waals surface area (Å²) >= 11 is 12.2. The van der Waals surface area contributed by atoms with Crippen molar-refractivity contribution in [3.63, 3.8) is 0 Å². The fourth-order valence-corrected chi connectivity index (χ4v) is 2.56. The Balaban J connectivity index is 2.10. The van der Waals surface area contributed by atoms with E-state index in [-0.39, 0.29) is 0 Å². The molecule has 0 spiro atoms. The van der Waals surface area contributed by atoms with Gasteiger partial charge in [-0.1, -0.05) is 35.3 Å². The summed E-state index contributed by atoms with van der Waals surface area (Å²) < 4.78 is 0. The average molecular weight is 331 g/mol. The topological polar surface area (TPSA) is 53.9 Å². The van der Waals surface area contributed by atoms with E-state index in [1.165, 1.54) is 0 Å². The predicted molar refractivity (Wildman–Crippen MR) is 90.8 cm³/mol. The molecule has 0 saturated heterocycles. The van der Waals surface area contributed by atoms with E-state index >= 15 is 0 Å². The highest BCUT2D eigenvalue weighted by atomic mass is 35.5. The van der Waals surface area contributed by atoms with Gasteiger partial charge in [-0.05, 0) is 41.5 Å². The SMILES string of the molecule is CN=Cc1n[nH]nc1-c1cc(Cl)cc(-c2ccc(Cl)cc2)c1. The molecule has 0 fully saturated rings. The minimum absolute atomic E-state index is 0.629. The Morgan fingerprint density at radius 2 is 1.64 bits per heavy atom. The molecule has 1 aromatic heterocycles. The molecule has 0 unspecified atom stereocenters. The van der Waals surface area contributed by atoms with Gasteiger partial charge in [-0.25, -0.2) is 0 Å². The van der Waals surface area contributed by atoms with Crippen molar-refractivity contribution in [2.24, 2.45) is 4.99 Å². The molecule has 3 rings (SSSR count). The van der Waals surface area contributed by atoms with E-state index in [2.05, 4.69) is 20.4 Å². The quantitative estimate of drug-likeness (QED) is 0.719. The van der Waals surface area contributed by atoms with Gasteiger partial charge in [0.25, 0.3) is 0 Å². The van der Waals surface area contributed by atoms with Gasteiger partial charge in [0, 0.05) is 22.7 Å². The molecule has 0 aliphatic carbocycles. The second-order valence-corrected chi connectivity index (χ2v) is 5.55. The van der Waals surface area contributed by atoms with Gasteiger partial charge in [0.1, 0.15) is 11.4 Å². The highest BCUT2D eigenvalue weighted by Gasteiger charge is 2.11. The first-order chi connectivity index (χ1) is 10.7. The van der Waals surface area contributed by atoms with Crippen molar-refractivity contribution in [2.75, 3.05) is 7.05 Å². The summed E-state index contributed by atoms with van der Waals surface area (Å²) in [5, 5.41) is 12.2. The molecule has 2 aromatic carbocycles. The summed E-state index contributed by atoms with van der Waals surface area (Å²) in [7, 11) is 1.69. The molecular formula is C16H12Cl2N4. The molecule has 0 saturated carbocycles. The number of aromatic nitrogens is 3. The van der Waals surface area contributed by atoms with E-state index < -0.39 is 0 Å². The van der Waals surface area contributed by atoms with Crippen LogP contribution < -0.4 is 0 Å². The molecule has 0 atom stereocenters. The van der Waals surface area contributed by atoms with Crippen molar-refractivity contribution in [2.45, 2.75) is 0 Å². The van der Waals surface area contributed by atoms with E-state index in [4.69, 9.17) is 23.2 Å². The molecule has 1 heterocycles. The van der Waals surface area contributed by atoms with E-state index in [1.54, 1.807) is 13.3 Å². The molecule has 0 bridgehead atoms. The van der Waals surface area contributed by atoms with E-state index in [9.17, 15) is 0 Å². The first kappa shape index (κ1) is 14.8. The van der Waals surface area contributed by atoms with E-state index in [0.29, 0.717) is 21.4 Å². The lowest BCUT2D eigenvalue weighted by Gasteiger charge is -2.06. The van der Waals surface area contributed by atoms with Crippen LogP contribution in [0.2, 0.25) is 10.0 Å². The number of hydrogen-bond acceptors (Lipinski definition) is 3. The lowest BCUT2D eigenvalue weighted by molar-refractivity contribution is 0.940. The zero-order valence-electron chi connectivity index (χ0n) is 11.7. The number of aliphatic imine (C=N–C) groups is 1. The Morgan fingerprint density at radius 3 is 2.36 bits per heavy atom. The molecule has 3 aromatic rings. The maximum atomic E-state index is 6.26. The maximum Gasteiger partial charge on any atom is 0.131 e. The number of H-pyrrole nitrogens is 1. The average Bonchev–Trinajstić information content (AvgIpc) is 2.96.